The lowest BCUT2D eigenvalue weighted by Gasteiger charge is -2.32. The lowest BCUT2D eigenvalue weighted by atomic mass is 9.73. The second kappa shape index (κ2) is 10.3. The smallest absolute Gasteiger partial charge is 0.413 e. The number of aryl methyl sites for hydroxylation is 1. The van der Waals surface area contributed by atoms with Gasteiger partial charge in [0.1, 0.15) is 16.4 Å². The highest BCUT2D eigenvalue weighted by atomic mass is 32.2. The van der Waals surface area contributed by atoms with Crippen molar-refractivity contribution in [3.63, 3.8) is 0 Å². The molecule has 0 radical (unpaired) electrons. The number of hydrogen-bond acceptors (Lipinski definition) is 5. The molecule has 180 valence electrons. The molecule has 1 aromatic rings. The van der Waals surface area contributed by atoms with Crippen LogP contribution in [0.25, 0.3) is 0 Å². The third-order valence-corrected chi connectivity index (χ3v) is 7.12. The molecule has 1 aromatic carbocycles. The van der Waals surface area contributed by atoms with E-state index in [-0.39, 0.29) is 29.2 Å². The van der Waals surface area contributed by atoms with E-state index < -0.39 is 39.5 Å². The van der Waals surface area contributed by atoms with E-state index in [0.29, 0.717) is 12.8 Å². The van der Waals surface area contributed by atoms with Gasteiger partial charge in [0.2, 0.25) is 0 Å². The maximum atomic E-state index is 12.8. The molecule has 2 atom stereocenters. The van der Waals surface area contributed by atoms with Crippen molar-refractivity contribution in [2.45, 2.75) is 76.3 Å². The van der Waals surface area contributed by atoms with Gasteiger partial charge in [-0.25, -0.2) is 0 Å². The van der Waals surface area contributed by atoms with Crippen molar-refractivity contribution in [2.75, 3.05) is 6.61 Å². The van der Waals surface area contributed by atoms with E-state index in [1.807, 2.05) is 26.8 Å². The number of phenolic OH excluding ortho intramolecular Hbond substituents is 2. The van der Waals surface area contributed by atoms with Crippen molar-refractivity contribution in [3.8, 4) is 11.5 Å². The van der Waals surface area contributed by atoms with Crippen LogP contribution in [0.5, 0.6) is 11.5 Å². The summed E-state index contributed by atoms with van der Waals surface area (Å²) in [4.78, 5) is -0.706. The Kier molecular flexibility index (Phi) is 8.44. The van der Waals surface area contributed by atoms with E-state index in [2.05, 4.69) is 10.8 Å². The molecule has 0 saturated heterocycles. The second-order valence-electron chi connectivity index (χ2n) is 8.47. The molecule has 0 bridgehead atoms. The van der Waals surface area contributed by atoms with E-state index in [1.54, 1.807) is 0 Å². The summed E-state index contributed by atoms with van der Waals surface area (Å²) in [6.45, 7) is 7.61. The Hall–Kier alpha value is -2.00. The van der Waals surface area contributed by atoms with Crippen molar-refractivity contribution in [1.82, 2.24) is 0 Å². The second-order valence-corrected chi connectivity index (χ2v) is 10.0. The molecule has 0 heterocycles. The number of allylic oxidation sites excluding steroid dienone is 3. The molecule has 2 N–H and O–H groups in total. The Labute approximate surface area is 187 Å². The average Bonchev–Trinajstić information content (AvgIpc) is 2.65. The minimum Gasteiger partial charge on any atom is -0.507 e. The summed E-state index contributed by atoms with van der Waals surface area (Å²) >= 11 is 0. The molecule has 0 aromatic heterocycles. The summed E-state index contributed by atoms with van der Waals surface area (Å²) in [5.74, 6) is -1.80. The SMILES string of the molecule is C=C(C)C1CCC(C)=CC1c1c(O)cc(CCCCC)c(S(=O)(=O)OCC(F)(F)F)c1O. The van der Waals surface area contributed by atoms with Crippen LogP contribution in [-0.2, 0) is 20.7 Å². The first-order chi connectivity index (χ1) is 14.8. The standard InChI is InChI=1S/C23H31F3O5S/c1-5-6-7-8-16-12-19(27)20(18-11-15(4)9-10-17(18)14(2)3)21(28)22(16)32(29,30)31-13-23(24,25)26/h11-12,17-18,27-28H,2,5-10,13H2,1,3-4H3. The number of unbranched alkanes of at least 4 members (excludes halogenated alkanes) is 2. The van der Waals surface area contributed by atoms with E-state index in [0.717, 1.165) is 30.4 Å². The fourth-order valence-electron chi connectivity index (χ4n) is 4.17. The molecule has 5 nitrogen and oxygen atoms in total. The van der Waals surface area contributed by atoms with Gasteiger partial charge in [0, 0.05) is 11.5 Å². The molecule has 0 saturated carbocycles. The number of rotatable bonds is 9. The molecule has 0 aliphatic heterocycles. The summed E-state index contributed by atoms with van der Waals surface area (Å²) < 4.78 is 67.8. The quantitative estimate of drug-likeness (QED) is 0.255. The van der Waals surface area contributed by atoms with E-state index in [9.17, 15) is 31.8 Å². The molecule has 1 aliphatic rings. The predicted molar refractivity (Wildman–Crippen MR) is 116 cm³/mol. The van der Waals surface area contributed by atoms with Crippen LogP contribution >= 0.6 is 0 Å². The summed E-state index contributed by atoms with van der Waals surface area (Å²) in [6, 6.07) is 1.22. The van der Waals surface area contributed by atoms with Gasteiger partial charge in [-0.15, -0.1) is 0 Å². The molecule has 1 aliphatic carbocycles. The van der Waals surface area contributed by atoms with Crippen molar-refractivity contribution in [2.24, 2.45) is 5.92 Å². The van der Waals surface area contributed by atoms with E-state index in [1.165, 1.54) is 6.07 Å². The number of halogens is 3. The Morgan fingerprint density at radius 3 is 2.50 bits per heavy atom. The molecule has 32 heavy (non-hydrogen) atoms. The normalized spacial score (nSPS) is 19.6. The molecule has 2 unspecified atom stereocenters. The predicted octanol–water partition coefficient (Wildman–Crippen LogP) is 6.11. The number of phenols is 2. The van der Waals surface area contributed by atoms with Crippen molar-refractivity contribution >= 4 is 10.1 Å². The van der Waals surface area contributed by atoms with E-state index >= 15 is 0 Å². The highest BCUT2D eigenvalue weighted by Gasteiger charge is 2.37. The van der Waals surface area contributed by atoms with Crippen molar-refractivity contribution < 1.29 is 36.0 Å². The molecule has 0 fully saturated rings. The first-order valence-corrected chi connectivity index (χ1v) is 12.1. The van der Waals surface area contributed by atoms with Crippen LogP contribution in [0.3, 0.4) is 0 Å². The van der Waals surface area contributed by atoms with Crippen molar-refractivity contribution in [3.05, 3.63) is 41.0 Å². The fourth-order valence-corrected chi connectivity index (χ4v) is 5.41. The molecular weight excluding hydrogens is 445 g/mol. The Morgan fingerprint density at radius 2 is 1.94 bits per heavy atom. The highest BCUT2D eigenvalue weighted by molar-refractivity contribution is 7.87. The maximum Gasteiger partial charge on any atom is 0.413 e. The molecule has 2 rings (SSSR count). The van der Waals surface area contributed by atoms with Gasteiger partial charge in [0.15, 0.2) is 6.61 Å². The number of alkyl halides is 3. The minimum atomic E-state index is -4.95. The number of aromatic hydroxyl groups is 2. The van der Waals surface area contributed by atoms with Gasteiger partial charge >= 0.3 is 16.3 Å². The van der Waals surface area contributed by atoms with Gasteiger partial charge in [-0.3, -0.25) is 4.18 Å². The molecule has 9 heteroatoms. The first-order valence-electron chi connectivity index (χ1n) is 10.6. The molecule has 0 amide bonds. The zero-order valence-corrected chi connectivity index (χ0v) is 19.4. The summed E-state index contributed by atoms with van der Waals surface area (Å²) in [5.41, 5.74) is 1.78. The number of benzene rings is 1. The van der Waals surface area contributed by atoms with E-state index in [4.69, 9.17) is 0 Å². The van der Waals surface area contributed by atoms with Crippen LogP contribution in [0.1, 0.15) is 69.9 Å². The van der Waals surface area contributed by atoms with Crippen LogP contribution in [-0.4, -0.2) is 31.4 Å². The summed E-state index contributed by atoms with van der Waals surface area (Å²) in [7, 11) is -4.95. The third kappa shape index (κ3) is 6.28. The third-order valence-electron chi connectivity index (χ3n) is 5.74. The lowest BCUT2D eigenvalue weighted by Crippen LogP contribution is -2.22. The Bertz CT molecular complexity index is 980. The lowest BCUT2D eigenvalue weighted by molar-refractivity contribution is -0.152. The monoisotopic (exact) mass is 476 g/mol. The van der Waals surface area contributed by atoms with Crippen LogP contribution in [0.15, 0.2) is 34.8 Å². The minimum absolute atomic E-state index is 0.0303. The van der Waals surface area contributed by atoms with Crippen LogP contribution < -0.4 is 0 Å². The fraction of sp³-hybridized carbons (Fsp3) is 0.565. The van der Waals surface area contributed by atoms with Gasteiger partial charge in [-0.1, -0.05) is 43.6 Å². The molecule has 0 spiro atoms. The van der Waals surface area contributed by atoms with Gasteiger partial charge in [-0.05, 0) is 57.1 Å². The first kappa shape index (κ1) is 26.3. The van der Waals surface area contributed by atoms with Gasteiger partial charge in [0.25, 0.3) is 0 Å². The van der Waals surface area contributed by atoms with Gasteiger partial charge in [0.05, 0.1) is 0 Å². The average molecular weight is 477 g/mol. The van der Waals surface area contributed by atoms with Crippen LogP contribution in [0.4, 0.5) is 13.2 Å². The Balaban J connectivity index is 2.69. The van der Waals surface area contributed by atoms with Gasteiger partial charge < -0.3 is 10.2 Å². The molecular formula is C23H31F3O5S. The zero-order valence-electron chi connectivity index (χ0n) is 18.6. The van der Waals surface area contributed by atoms with Crippen molar-refractivity contribution in [1.29, 1.82) is 0 Å². The largest absolute Gasteiger partial charge is 0.507 e. The highest BCUT2D eigenvalue weighted by Crippen LogP contribution is 2.49. The summed E-state index contributed by atoms with van der Waals surface area (Å²) in [6.07, 6.45) is 0.705. The van der Waals surface area contributed by atoms with Crippen LogP contribution in [0, 0.1) is 5.92 Å². The Morgan fingerprint density at radius 1 is 1.28 bits per heavy atom. The van der Waals surface area contributed by atoms with Crippen LogP contribution in [0.2, 0.25) is 0 Å². The topological polar surface area (TPSA) is 83.8 Å². The number of hydrogen-bond donors (Lipinski definition) is 2. The summed E-state index contributed by atoms with van der Waals surface area (Å²) in [5, 5.41) is 21.8. The van der Waals surface area contributed by atoms with Gasteiger partial charge in [-0.2, -0.15) is 21.6 Å². The maximum absolute atomic E-state index is 12.8. The zero-order chi connectivity index (χ0) is 24.3.